The summed E-state index contributed by atoms with van der Waals surface area (Å²) in [5.74, 6) is 0.909. The number of rotatable bonds is 1. The third kappa shape index (κ3) is 4.31. The maximum atomic E-state index is 5.73. The molecule has 0 spiro atoms. The molecule has 0 atom stereocenters. The summed E-state index contributed by atoms with van der Waals surface area (Å²) in [4.78, 5) is 0. The molecule has 0 N–H and O–H groups in total. The van der Waals surface area contributed by atoms with E-state index in [2.05, 4.69) is 44.6 Å². The molecule has 72 valence electrons. The molecule has 0 saturated carbocycles. The minimum atomic E-state index is -0.135. The lowest BCUT2D eigenvalue weighted by Crippen LogP contribution is -2.22. The van der Waals surface area contributed by atoms with Crippen LogP contribution in [-0.2, 0) is 0 Å². The molecule has 1 aromatic carbocycles. The monoisotopic (exact) mass is 354 g/mol. The van der Waals surface area contributed by atoms with Gasteiger partial charge in [-0.15, -0.1) is 0 Å². The van der Waals surface area contributed by atoms with Crippen molar-refractivity contribution in [1.29, 1.82) is 0 Å². The summed E-state index contributed by atoms with van der Waals surface area (Å²) in [6.45, 7) is 6.13. The van der Waals surface area contributed by atoms with Crippen molar-refractivity contribution in [3.63, 3.8) is 0 Å². The van der Waals surface area contributed by atoms with E-state index in [1.54, 1.807) is 0 Å². The Labute approximate surface area is 101 Å². The first kappa shape index (κ1) is 11.3. The molecule has 0 aliphatic heterocycles. The summed E-state index contributed by atoms with van der Waals surface area (Å²) in [6, 6.07) is 6.06. The van der Waals surface area contributed by atoms with Crippen LogP contribution in [0.2, 0.25) is 0 Å². The normalized spacial score (nSPS) is 11.5. The first-order chi connectivity index (χ1) is 5.87. The summed E-state index contributed by atoms with van der Waals surface area (Å²) in [5.41, 5.74) is -0.135. The molecule has 0 amide bonds. The lowest BCUT2D eigenvalue weighted by molar-refractivity contribution is 0.131. The van der Waals surface area contributed by atoms with Gasteiger partial charge in [0, 0.05) is 8.04 Å². The van der Waals surface area contributed by atoms with Crippen LogP contribution in [0.4, 0.5) is 0 Å². The van der Waals surface area contributed by atoms with Crippen LogP contribution in [0.3, 0.4) is 0 Å². The van der Waals surface area contributed by atoms with Crippen LogP contribution in [0.1, 0.15) is 20.8 Å². The molecule has 1 nitrogen and oxygen atoms in total. The zero-order valence-corrected chi connectivity index (χ0v) is 11.6. The Balaban J connectivity index is 2.90. The van der Waals surface area contributed by atoms with Crippen LogP contribution in [0.25, 0.3) is 0 Å². The number of hydrogen-bond acceptors (Lipinski definition) is 1. The van der Waals surface area contributed by atoms with Crippen molar-refractivity contribution in [2.45, 2.75) is 26.4 Å². The molecule has 0 aliphatic carbocycles. The Hall–Kier alpha value is 0.230. The van der Waals surface area contributed by atoms with Gasteiger partial charge >= 0.3 is 0 Å². The average Bonchev–Trinajstić information content (AvgIpc) is 1.78. The standard InChI is InChI=1S/C10H12BrIO/c1-10(2,3)13-9-5-7(11)4-8(12)6-9/h4-6H,1-3H3. The second-order valence-corrected chi connectivity index (χ2v) is 5.98. The maximum absolute atomic E-state index is 5.73. The summed E-state index contributed by atoms with van der Waals surface area (Å²) < 4.78 is 7.96. The van der Waals surface area contributed by atoms with Crippen molar-refractivity contribution < 1.29 is 4.74 Å². The molecule has 0 unspecified atom stereocenters. The van der Waals surface area contributed by atoms with Crippen LogP contribution in [0, 0.1) is 3.57 Å². The largest absolute Gasteiger partial charge is 0.488 e. The van der Waals surface area contributed by atoms with Gasteiger partial charge in [0.1, 0.15) is 11.4 Å². The van der Waals surface area contributed by atoms with Crippen molar-refractivity contribution in [3.8, 4) is 5.75 Å². The second kappa shape index (κ2) is 4.17. The van der Waals surface area contributed by atoms with Gasteiger partial charge in [-0.05, 0) is 61.6 Å². The first-order valence-electron chi connectivity index (χ1n) is 4.02. The Morgan fingerprint density at radius 2 is 1.85 bits per heavy atom. The van der Waals surface area contributed by atoms with E-state index in [-0.39, 0.29) is 5.60 Å². The number of hydrogen-bond donors (Lipinski definition) is 0. The minimum absolute atomic E-state index is 0.135. The number of ether oxygens (including phenoxy) is 1. The van der Waals surface area contributed by atoms with Gasteiger partial charge in [0.2, 0.25) is 0 Å². The quantitative estimate of drug-likeness (QED) is 0.686. The van der Waals surface area contributed by atoms with Gasteiger partial charge in [-0.25, -0.2) is 0 Å². The highest BCUT2D eigenvalue weighted by Crippen LogP contribution is 2.25. The fraction of sp³-hybridized carbons (Fsp3) is 0.400. The average molecular weight is 355 g/mol. The summed E-state index contributed by atoms with van der Waals surface area (Å²) in [5, 5.41) is 0. The van der Waals surface area contributed by atoms with Crippen LogP contribution in [-0.4, -0.2) is 5.60 Å². The maximum Gasteiger partial charge on any atom is 0.122 e. The van der Waals surface area contributed by atoms with Crippen molar-refractivity contribution in [2.75, 3.05) is 0 Å². The number of halogens is 2. The fourth-order valence-corrected chi connectivity index (χ4v) is 2.48. The molecule has 13 heavy (non-hydrogen) atoms. The van der Waals surface area contributed by atoms with Gasteiger partial charge in [-0.1, -0.05) is 15.9 Å². The predicted molar refractivity (Wildman–Crippen MR) is 67.2 cm³/mol. The topological polar surface area (TPSA) is 9.23 Å². The molecule has 0 bridgehead atoms. The third-order valence-electron chi connectivity index (χ3n) is 1.26. The van der Waals surface area contributed by atoms with E-state index in [1.165, 1.54) is 3.57 Å². The Kier molecular flexibility index (Phi) is 3.63. The van der Waals surface area contributed by atoms with E-state index in [0.29, 0.717) is 0 Å². The molecular weight excluding hydrogens is 343 g/mol. The smallest absolute Gasteiger partial charge is 0.122 e. The molecule has 0 saturated heterocycles. The molecule has 0 fully saturated rings. The predicted octanol–water partition coefficient (Wildman–Crippen LogP) is 4.23. The van der Waals surface area contributed by atoms with Crippen molar-refractivity contribution in [1.82, 2.24) is 0 Å². The van der Waals surface area contributed by atoms with Crippen LogP contribution in [0.5, 0.6) is 5.75 Å². The van der Waals surface area contributed by atoms with Gasteiger partial charge in [0.15, 0.2) is 0 Å². The van der Waals surface area contributed by atoms with Gasteiger partial charge < -0.3 is 4.74 Å². The van der Waals surface area contributed by atoms with Crippen molar-refractivity contribution in [3.05, 3.63) is 26.2 Å². The van der Waals surface area contributed by atoms with Crippen LogP contribution in [0.15, 0.2) is 22.7 Å². The van der Waals surface area contributed by atoms with Gasteiger partial charge in [-0.3, -0.25) is 0 Å². The fourth-order valence-electron chi connectivity index (χ4n) is 0.941. The molecule has 3 heteroatoms. The third-order valence-corrected chi connectivity index (χ3v) is 2.34. The second-order valence-electron chi connectivity index (χ2n) is 3.82. The van der Waals surface area contributed by atoms with Crippen LogP contribution < -0.4 is 4.74 Å². The Morgan fingerprint density at radius 1 is 1.23 bits per heavy atom. The van der Waals surface area contributed by atoms with Gasteiger partial charge in [0.05, 0.1) is 0 Å². The van der Waals surface area contributed by atoms with E-state index < -0.39 is 0 Å². The minimum Gasteiger partial charge on any atom is -0.488 e. The highest BCUT2D eigenvalue weighted by Gasteiger charge is 2.12. The van der Waals surface area contributed by atoms with Crippen LogP contribution >= 0.6 is 38.5 Å². The highest BCUT2D eigenvalue weighted by atomic mass is 127. The summed E-state index contributed by atoms with van der Waals surface area (Å²) in [7, 11) is 0. The zero-order valence-electron chi connectivity index (χ0n) is 7.90. The van der Waals surface area contributed by atoms with E-state index in [9.17, 15) is 0 Å². The molecule has 1 aromatic rings. The van der Waals surface area contributed by atoms with Crippen molar-refractivity contribution >= 4 is 38.5 Å². The molecule has 1 rings (SSSR count). The molecule has 0 aromatic heterocycles. The van der Waals surface area contributed by atoms with Gasteiger partial charge in [-0.2, -0.15) is 0 Å². The van der Waals surface area contributed by atoms with E-state index in [4.69, 9.17) is 4.74 Å². The highest BCUT2D eigenvalue weighted by molar-refractivity contribution is 14.1. The van der Waals surface area contributed by atoms with E-state index in [1.807, 2.05) is 32.9 Å². The van der Waals surface area contributed by atoms with E-state index in [0.717, 1.165) is 10.2 Å². The molecular formula is C10H12BrIO. The Bertz CT molecular complexity index is 284. The summed E-state index contributed by atoms with van der Waals surface area (Å²) in [6.07, 6.45) is 0. The molecule has 0 aliphatic rings. The Morgan fingerprint density at radius 3 is 2.31 bits per heavy atom. The lowest BCUT2D eigenvalue weighted by atomic mass is 10.2. The lowest BCUT2D eigenvalue weighted by Gasteiger charge is -2.21. The molecule has 0 radical (unpaired) electrons. The SMILES string of the molecule is CC(C)(C)Oc1cc(Br)cc(I)c1. The first-order valence-corrected chi connectivity index (χ1v) is 5.89. The number of benzene rings is 1. The zero-order chi connectivity index (χ0) is 10.1. The van der Waals surface area contributed by atoms with Gasteiger partial charge in [0.25, 0.3) is 0 Å². The summed E-state index contributed by atoms with van der Waals surface area (Å²) >= 11 is 5.71. The van der Waals surface area contributed by atoms with Crippen molar-refractivity contribution in [2.24, 2.45) is 0 Å². The van der Waals surface area contributed by atoms with E-state index >= 15 is 0 Å². The molecule has 0 heterocycles.